The molecule has 4 heteroatoms. The van der Waals surface area contributed by atoms with Gasteiger partial charge in [-0.25, -0.2) is 4.99 Å². The molecule has 0 unspecified atom stereocenters. The van der Waals surface area contributed by atoms with E-state index in [9.17, 15) is 4.79 Å². The van der Waals surface area contributed by atoms with Crippen LogP contribution in [-0.4, -0.2) is 11.1 Å². The smallest absolute Gasteiger partial charge is 0.264 e. The lowest BCUT2D eigenvalue weighted by Gasteiger charge is -1.96. The first-order valence-electron chi connectivity index (χ1n) is 7.29. The summed E-state index contributed by atoms with van der Waals surface area (Å²) in [6, 6.07) is 19.6. The fourth-order valence-electron chi connectivity index (χ4n) is 2.16. The summed E-state index contributed by atoms with van der Waals surface area (Å²) in [5.74, 6) is -0.106. The van der Waals surface area contributed by atoms with Crippen LogP contribution in [0.3, 0.4) is 0 Å². The molecule has 0 spiro atoms. The van der Waals surface area contributed by atoms with Crippen molar-refractivity contribution in [1.82, 2.24) is 5.32 Å². The number of nitrogens with zero attached hydrogens (tertiary/aromatic N) is 1. The van der Waals surface area contributed by atoms with Crippen molar-refractivity contribution >= 4 is 34.6 Å². The van der Waals surface area contributed by atoms with Crippen molar-refractivity contribution in [1.29, 1.82) is 0 Å². The summed E-state index contributed by atoms with van der Waals surface area (Å²) in [7, 11) is 0. The van der Waals surface area contributed by atoms with Gasteiger partial charge in [0.2, 0.25) is 0 Å². The van der Waals surface area contributed by atoms with Gasteiger partial charge < -0.3 is 5.32 Å². The summed E-state index contributed by atoms with van der Waals surface area (Å²) in [4.78, 5) is 17.1. The number of carbonyl (C=O) groups is 1. The molecule has 1 aliphatic heterocycles. The predicted molar refractivity (Wildman–Crippen MR) is 97.4 cm³/mol. The minimum Gasteiger partial charge on any atom is -0.300 e. The second-order valence-corrected chi connectivity index (χ2v) is 6.15. The Hall–Kier alpha value is -2.59. The summed E-state index contributed by atoms with van der Waals surface area (Å²) in [6.07, 6.45) is 3.94. The summed E-state index contributed by atoms with van der Waals surface area (Å²) in [6.45, 7) is 1.99. The fourth-order valence-corrected chi connectivity index (χ4v) is 3.05. The third kappa shape index (κ3) is 4.20. The van der Waals surface area contributed by atoms with Crippen molar-refractivity contribution in [3.63, 3.8) is 0 Å². The van der Waals surface area contributed by atoms with Gasteiger partial charge in [-0.05, 0) is 48.0 Å². The van der Waals surface area contributed by atoms with Crippen molar-refractivity contribution in [3.8, 4) is 0 Å². The number of nitrogens with one attached hydrogen (secondary N) is 1. The van der Waals surface area contributed by atoms with Crippen LogP contribution in [0.1, 0.15) is 12.5 Å². The van der Waals surface area contributed by atoms with Gasteiger partial charge in [0.15, 0.2) is 5.17 Å². The van der Waals surface area contributed by atoms with E-state index in [0.717, 1.165) is 16.8 Å². The fraction of sp³-hybridized carbons (Fsp3) is 0.0526. The minimum absolute atomic E-state index is 0.106. The zero-order valence-corrected chi connectivity index (χ0v) is 13.5. The predicted octanol–water partition coefficient (Wildman–Crippen LogP) is 4.52. The van der Waals surface area contributed by atoms with Crippen LogP contribution in [-0.2, 0) is 4.79 Å². The summed E-state index contributed by atoms with van der Waals surface area (Å²) < 4.78 is 0. The minimum atomic E-state index is -0.106. The van der Waals surface area contributed by atoms with Gasteiger partial charge >= 0.3 is 0 Å². The number of thioether (sulfide) groups is 1. The largest absolute Gasteiger partial charge is 0.300 e. The summed E-state index contributed by atoms with van der Waals surface area (Å²) >= 11 is 1.36. The molecule has 1 saturated heterocycles. The van der Waals surface area contributed by atoms with Crippen LogP contribution >= 0.6 is 11.8 Å². The van der Waals surface area contributed by atoms with Gasteiger partial charge in [-0.3, -0.25) is 4.79 Å². The van der Waals surface area contributed by atoms with Crippen LogP contribution in [0.25, 0.3) is 6.08 Å². The molecule has 1 heterocycles. The Balaban J connectivity index is 1.77. The maximum atomic E-state index is 12.1. The average molecular weight is 320 g/mol. The molecule has 2 aromatic carbocycles. The van der Waals surface area contributed by atoms with Crippen LogP contribution in [0.4, 0.5) is 5.69 Å². The van der Waals surface area contributed by atoms with E-state index >= 15 is 0 Å². The molecule has 0 atom stereocenters. The van der Waals surface area contributed by atoms with Crippen molar-refractivity contribution < 1.29 is 4.79 Å². The lowest BCUT2D eigenvalue weighted by molar-refractivity contribution is -0.115. The first-order valence-corrected chi connectivity index (χ1v) is 8.10. The van der Waals surface area contributed by atoms with E-state index in [1.807, 2.05) is 79.7 Å². The quantitative estimate of drug-likeness (QED) is 0.845. The lowest BCUT2D eigenvalue weighted by Crippen LogP contribution is -2.19. The van der Waals surface area contributed by atoms with Crippen molar-refractivity contribution in [3.05, 3.63) is 82.8 Å². The SMILES string of the molecule is CC(=Cc1ccccc1)C=C1SC(=Nc2ccccc2)NC1=O. The molecule has 0 radical (unpaired) electrons. The van der Waals surface area contributed by atoms with Gasteiger partial charge in [0, 0.05) is 0 Å². The highest BCUT2D eigenvalue weighted by molar-refractivity contribution is 8.18. The van der Waals surface area contributed by atoms with E-state index in [0.29, 0.717) is 10.1 Å². The Bertz CT molecular complexity index is 793. The molecule has 3 rings (SSSR count). The van der Waals surface area contributed by atoms with Crippen LogP contribution in [0.5, 0.6) is 0 Å². The summed E-state index contributed by atoms with van der Waals surface area (Å²) in [5, 5.41) is 3.41. The number of rotatable bonds is 3. The lowest BCUT2D eigenvalue weighted by atomic mass is 10.1. The molecule has 114 valence electrons. The van der Waals surface area contributed by atoms with E-state index in [1.54, 1.807) is 0 Å². The Labute approximate surface area is 139 Å². The highest BCUT2D eigenvalue weighted by Gasteiger charge is 2.23. The van der Waals surface area contributed by atoms with E-state index in [4.69, 9.17) is 0 Å². The third-order valence-electron chi connectivity index (χ3n) is 3.19. The maximum Gasteiger partial charge on any atom is 0.264 e. The van der Waals surface area contributed by atoms with Crippen LogP contribution in [0.2, 0.25) is 0 Å². The highest BCUT2D eigenvalue weighted by atomic mass is 32.2. The maximum absolute atomic E-state index is 12.1. The van der Waals surface area contributed by atoms with E-state index < -0.39 is 0 Å². The molecule has 0 bridgehead atoms. The van der Waals surface area contributed by atoms with E-state index in [1.165, 1.54) is 11.8 Å². The van der Waals surface area contributed by atoms with E-state index in [-0.39, 0.29) is 5.91 Å². The summed E-state index contributed by atoms with van der Waals surface area (Å²) in [5.41, 5.74) is 2.96. The molecule has 2 aromatic rings. The topological polar surface area (TPSA) is 41.5 Å². The van der Waals surface area contributed by atoms with Crippen LogP contribution in [0, 0.1) is 0 Å². The molecule has 3 nitrogen and oxygen atoms in total. The standard InChI is InChI=1S/C19H16N2OS/c1-14(12-15-8-4-2-5-9-15)13-17-18(22)21-19(23-17)20-16-10-6-3-7-11-16/h2-13H,1H3,(H,20,21,22). The van der Waals surface area contributed by atoms with Gasteiger partial charge in [-0.15, -0.1) is 0 Å². The molecule has 23 heavy (non-hydrogen) atoms. The molecule has 1 aliphatic rings. The number of carbonyl (C=O) groups excluding carboxylic acids is 1. The molecule has 1 fully saturated rings. The van der Waals surface area contributed by atoms with Crippen LogP contribution < -0.4 is 5.32 Å². The highest BCUT2D eigenvalue weighted by Crippen LogP contribution is 2.27. The molecule has 0 saturated carbocycles. The number of para-hydroxylation sites is 1. The number of hydrogen-bond donors (Lipinski definition) is 1. The second kappa shape index (κ2) is 7.11. The van der Waals surface area contributed by atoms with Gasteiger partial charge in [0.05, 0.1) is 10.6 Å². The Morgan fingerprint density at radius 2 is 1.70 bits per heavy atom. The monoisotopic (exact) mass is 320 g/mol. The number of allylic oxidation sites excluding steroid dienone is 2. The first-order chi connectivity index (χ1) is 11.2. The number of amidine groups is 1. The number of amides is 1. The van der Waals surface area contributed by atoms with Crippen molar-refractivity contribution in [2.24, 2.45) is 4.99 Å². The molecule has 0 aromatic heterocycles. The number of hydrogen-bond acceptors (Lipinski definition) is 3. The normalized spacial score (nSPS) is 18.5. The van der Waals surface area contributed by atoms with E-state index in [2.05, 4.69) is 10.3 Å². The molecular formula is C19H16N2OS. The van der Waals surface area contributed by atoms with Crippen LogP contribution in [0.15, 0.2) is 82.2 Å². The number of benzene rings is 2. The van der Waals surface area contributed by atoms with Crippen molar-refractivity contribution in [2.75, 3.05) is 0 Å². The Morgan fingerprint density at radius 1 is 1.04 bits per heavy atom. The second-order valence-electron chi connectivity index (χ2n) is 5.12. The Kier molecular flexibility index (Phi) is 4.74. The Morgan fingerprint density at radius 3 is 2.39 bits per heavy atom. The molecule has 1 amide bonds. The number of aliphatic imine (C=N–C) groups is 1. The molecular weight excluding hydrogens is 304 g/mol. The third-order valence-corrected chi connectivity index (χ3v) is 4.10. The van der Waals surface area contributed by atoms with Gasteiger partial charge in [0.25, 0.3) is 5.91 Å². The average Bonchev–Trinajstić information content (AvgIpc) is 2.88. The van der Waals surface area contributed by atoms with Crippen molar-refractivity contribution in [2.45, 2.75) is 6.92 Å². The van der Waals surface area contributed by atoms with Gasteiger partial charge in [0.1, 0.15) is 0 Å². The zero-order valence-electron chi connectivity index (χ0n) is 12.7. The molecule has 1 N–H and O–H groups in total. The van der Waals surface area contributed by atoms with Gasteiger partial charge in [-0.1, -0.05) is 54.6 Å². The zero-order chi connectivity index (χ0) is 16.1. The molecule has 0 aliphatic carbocycles. The van der Waals surface area contributed by atoms with Gasteiger partial charge in [-0.2, -0.15) is 0 Å². The first kappa shape index (κ1) is 15.3.